The minimum absolute atomic E-state index is 0.0144. The first kappa shape index (κ1) is 23.7. The Balaban J connectivity index is 1.10. The number of nitrogens with zero attached hydrogens (tertiary/aromatic N) is 4. The molecule has 0 atom stereocenters. The van der Waals surface area contributed by atoms with Crippen molar-refractivity contribution in [1.82, 2.24) is 19.0 Å². The summed E-state index contributed by atoms with van der Waals surface area (Å²) in [6.45, 7) is 1.70. The number of likely N-dealkylation sites (tertiary alicyclic amines) is 1. The molecule has 0 aliphatic carbocycles. The van der Waals surface area contributed by atoms with Gasteiger partial charge >= 0.3 is 5.97 Å². The SMILES string of the molecule is O=C1OC(c2cccc3ccccc23)=NC1=CN1CCC(CNS(=O)(=O)c2nccc3sncc23)CC1. The lowest BCUT2D eigenvalue weighted by Gasteiger charge is -2.31. The van der Waals surface area contributed by atoms with Crippen LogP contribution in [0, 0.1) is 5.92 Å². The van der Waals surface area contributed by atoms with Gasteiger partial charge in [-0.1, -0.05) is 36.4 Å². The number of fused-ring (bicyclic) bond motifs is 2. The van der Waals surface area contributed by atoms with E-state index < -0.39 is 16.0 Å². The van der Waals surface area contributed by atoms with Crippen molar-refractivity contribution < 1.29 is 17.9 Å². The van der Waals surface area contributed by atoms with Crippen LogP contribution in [0.25, 0.3) is 20.9 Å². The molecule has 0 bridgehead atoms. The second-order valence-corrected chi connectivity index (χ2v) is 11.5. The molecule has 2 aromatic heterocycles. The lowest BCUT2D eigenvalue weighted by molar-refractivity contribution is -0.130. The number of aromatic nitrogens is 2. The number of piperidine rings is 1. The van der Waals surface area contributed by atoms with Crippen molar-refractivity contribution >= 4 is 54.3 Å². The van der Waals surface area contributed by atoms with Gasteiger partial charge in [0.2, 0.25) is 5.90 Å². The van der Waals surface area contributed by atoms with Gasteiger partial charge in [0, 0.05) is 37.6 Å². The molecule has 2 aromatic carbocycles. The van der Waals surface area contributed by atoms with Crippen molar-refractivity contribution in [3.8, 4) is 0 Å². The van der Waals surface area contributed by atoms with E-state index >= 15 is 0 Å². The van der Waals surface area contributed by atoms with Crippen LogP contribution < -0.4 is 4.72 Å². The number of hydrogen-bond donors (Lipinski definition) is 1. The van der Waals surface area contributed by atoms with E-state index in [1.165, 1.54) is 23.9 Å². The molecular formula is C26H23N5O4S2. The van der Waals surface area contributed by atoms with Crippen molar-refractivity contribution in [2.45, 2.75) is 17.9 Å². The van der Waals surface area contributed by atoms with Gasteiger partial charge in [-0.05, 0) is 53.2 Å². The van der Waals surface area contributed by atoms with Crippen molar-refractivity contribution in [2.75, 3.05) is 19.6 Å². The standard InChI is InChI=1S/C26H23N5O4S2/c32-26-22(30-24(35-26)20-7-3-5-18-4-1-2-6-19(18)20)16-31-12-9-17(10-13-31)14-29-37(33,34)25-21-15-28-36-23(21)8-11-27-25/h1-8,11,15-17,29H,9-10,12-14H2. The van der Waals surface area contributed by atoms with E-state index in [1.54, 1.807) is 12.3 Å². The maximum absolute atomic E-state index is 12.9. The molecule has 4 aromatic rings. The smallest absolute Gasteiger partial charge is 0.365 e. The predicted molar refractivity (Wildman–Crippen MR) is 142 cm³/mol. The maximum Gasteiger partial charge on any atom is 0.365 e. The molecule has 0 spiro atoms. The summed E-state index contributed by atoms with van der Waals surface area (Å²) in [5.41, 5.74) is 1.05. The van der Waals surface area contributed by atoms with E-state index in [2.05, 4.69) is 19.1 Å². The van der Waals surface area contributed by atoms with E-state index in [1.807, 2.05) is 47.4 Å². The van der Waals surface area contributed by atoms with Gasteiger partial charge in [-0.25, -0.2) is 27.9 Å². The van der Waals surface area contributed by atoms with Crippen LogP contribution in [0.3, 0.4) is 0 Å². The summed E-state index contributed by atoms with van der Waals surface area (Å²) in [6.07, 6.45) is 6.33. The lowest BCUT2D eigenvalue weighted by atomic mass is 9.97. The molecule has 6 rings (SSSR count). The third-order valence-corrected chi connectivity index (χ3v) is 8.80. The Morgan fingerprint density at radius 2 is 1.89 bits per heavy atom. The molecule has 1 N–H and O–H groups in total. The average molecular weight is 534 g/mol. The number of carbonyl (C=O) groups is 1. The van der Waals surface area contributed by atoms with E-state index in [-0.39, 0.29) is 16.6 Å². The minimum Gasteiger partial charge on any atom is -0.402 e. The highest BCUT2D eigenvalue weighted by molar-refractivity contribution is 7.89. The average Bonchev–Trinajstić information content (AvgIpc) is 3.54. The first-order valence-corrected chi connectivity index (χ1v) is 14.2. The number of carbonyl (C=O) groups excluding carboxylic acids is 1. The first-order valence-electron chi connectivity index (χ1n) is 11.9. The summed E-state index contributed by atoms with van der Waals surface area (Å²) in [7, 11) is -3.74. The van der Waals surface area contributed by atoms with Gasteiger partial charge < -0.3 is 9.64 Å². The lowest BCUT2D eigenvalue weighted by Crippen LogP contribution is -2.37. The number of cyclic esters (lactones) is 1. The number of benzene rings is 2. The van der Waals surface area contributed by atoms with Gasteiger partial charge in [0.25, 0.3) is 10.0 Å². The molecule has 4 heterocycles. The van der Waals surface area contributed by atoms with Crippen LogP contribution in [0.2, 0.25) is 0 Å². The van der Waals surface area contributed by atoms with Gasteiger partial charge in [-0.3, -0.25) is 0 Å². The van der Waals surface area contributed by atoms with Crippen molar-refractivity contribution in [3.63, 3.8) is 0 Å². The number of nitrogens with one attached hydrogen (secondary N) is 1. The highest BCUT2D eigenvalue weighted by atomic mass is 32.2. The molecule has 2 aliphatic heterocycles. The van der Waals surface area contributed by atoms with Crippen molar-refractivity contribution in [1.29, 1.82) is 0 Å². The summed E-state index contributed by atoms with van der Waals surface area (Å²) in [5, 5.41) is 2.57. The van der Waals surface area contributed by atoms with Crippen LogP contribution >= 0.6 is 11.5 Å². The normalized spacial score (nSPS) is 18.1. The Morgan fingerprint density at radius 1 is 1.08 bits per heavy atom. The van der Waals surface area contributed by atoms with E-state index in [0.717, 1.165) is 33.9 Å². The molecular weight excluding hydrogens is 510 g/mol. The summed E-state index contributed by atoms with van der Waals surface area (Å²) in [5.74, 6) is 0.0127. The van der Waals surface area contributed by atoms with Crippen LogP contribution in [0.4, 0.5) is 0 Å². The van der Waals surface area contributed by atoms with Crippen LogP contribution in [0.15, 0.2) is 82.8 Å². The second kappa shape index (κ2) is 9.66. The zero-order valence-corrected chi connectivity index (χ0v) is 21.3. The molecule has 0 radical (unpaired) electrons. The predicted octanol–water partition coefficient (Wildman–Crippen LogP) is 3.68. The summed E-state index contributed by atoms with van der Waals surface area (Å²) in [6, 6.07) is 15.5. The fourth-order valence-corrected chi connectivity index (χ4v) is 6.62. The fourth-order valence-electron chi connectivity index (χ4n) is 4.67. The van der Waals surface area contributed by atoms with Gasteiger partial charge in [-0.2, -0.15) is 4.37 Å². The Morgan fingerprint density at radius 3 is 2.76 bits per heavy atom. The number of pyridine rings is 1. The molecule has 0 saturated carbocycles. The quantitative estimate of drug-likeness (QED) is 0.297. The third kappa shape index (κ3) is 4.73. The zero-order chi connectivity index (χ0) is 25.4. The third-order valence-electron chi connectivity index (χ3n) is 6.66. The van der Waals surface area contributed by atoms with Gasteiger partial charge in [0.05, 0.1) is 16.3 Å². The van der Waals surface area contributed by atoms with Crippen molar-refractivity contribution in [3.05, 3.63) is 78.4 Å². The molecule has 188 valence electrons. The Hall–Kier alpha value is -3.67. The number of rotatable bonds is 6. The Kier molecular flexibility index (Phi) is 6.19. The van der Waals surface area contributed by atoms with E-state index in [9.17, 15) is 13.2 Å². The van der Waals surface area contributed by atoms with Crippen LogP contribution in [0.5, 0.6) is 0 Å². The highest BCUT2D eigenvalue weighted by Gasteiger charge is 2.28. The van der Waals surface area contributed by atoms with Gasteiger partial charge in [0.1, 0.15) is 0 Å². The Labute approximate surface area is 217 Å². The summed E-state index contributed by atoms with van der Waals surface area (Å²) >= 11 is 1.24. The molecule has 2 aliphatic rings. The number of hydrogen-bond acceptors (Lipinski definition) is 9. The number of esters is 1. The van der Waals surface area contributed by atoms with E-state index in [4.69, 9.17) is 4.74 Å². The van der Waals surface area contributed by atoms with Gasteiger partial charge in [0.15, 0.2) is 10.7 Å². The molecule has 0 unspecified atom stereocenters. The molecule has 11 heteroatoms. The second-order valence-electron chi connectivity index (χ2n) is 9.03. The number of sulfonamides is 1. The topological polar surface area (TPSA) is 114 Å². The Bertz CT molecular complexity index is 1670. The molecule has 1 saturated heterocycles. The summed E-state index contributed by atoms with van der Waals surface area (Å²) < 4.78 is 38.8. The van der Waals surface area contributed by atoms with Crippen LogP contribution in [-0.4, -0.2) is 54.2 Å². The highest BCUT2D eigenvalue weighted by Crippen LogP contribution is 2.26. The number of ether oxygens (including phenoxy) is 1. The fraction of sp³-hybridized carbons (Fsp3) is 0.231. The number of aliphatic imine (C=N–C) groups is 1. The molecule has 37 heavy (non-hydrogen) atoms. The monoisotopic (exact) mass is 533 g/mol. The van der Waals surface area contributed by atoms with Crippen LogP contribution in [0.1, 0.15) is 18.4 Å². The molecule has 9 nitrogen and oxygen atoms in total. The maximum atomic E-state index is 12.9. The minimum atomic E-state index is -3.74. The van der Waals surface area contributed by atoms with Crippen molar-refractivity contribution in [2.24, 2.45) is 10.9 Å². The summed E-state index contributed by atoms with van der Waals surface area (Å²) in [4.78, 5) is 23.1. The van der Waals surface area contributed by atoms with Crippen LogP contribution in [-0.2, 0) is 19.6 Å². The largest absolute Gasteiger partial charge is 0.402 e. The molecule has 0 amide bonds. The van der Waals surface area contributed by atoms with E-state index in [0.29, 0.717) is 30.9 Å². The first-order chi connectivity index (χ1) is 18.0. The molecule has 1 fully saturated rings. The van der Waals surface area contributed by atoms with Gasteiger partial charge in [-0.15, -0.1) is 0 Å². The zero-order valence-electron chi connectivity index (χ0n) is 19.7.